The molecule has 0 aliphatic heterocycles. The first-order valence-electron chi connectivity index (χ1n) is 33.8. The van der Waals surface area contributed by atoms with Crippen molar-refractivity contribution in [2.45, 2.75) is 336 Å². The van der Waals surface area contributed by atoms with Crippen molar-refractivity contribution < 1.29 is 80.2 Å². The van der Waals surface area contributed by atoms with Crippen molar-refractivity contribution in [1.82, 2.24) is 0 Å². The molecule has 0 radical (unpaired) electrons. The number of ether oxygens (including phenoxy) is 4. The topological polar surface area (TPSA) is 237 Å². The Kier molecular flexibility index (Phi) is 55.0. The lowest BCUT2D eigenvalue weighted by atomic mass is 10.0. The molecule has 0 saturated carbocycles. The lowest BCUT2D eigenvalue weighted by molar-refractivity contribution is -0.161. The second kappa shape index (κ2) is 56.3. The average Bonchev–Trinajstić information content (AvgIpc) is 3.53. The summed E-state index contributed by atoms with van der Waals surface area (Å²) in [6, 6.07) is 0. The Hall–Kier alpha value is -1.94. The number of aliphatic hydroxyl groups is 1. The monoisotopic (exact) mass is 1240 g/mol. The maximum Gasteiger partial charge on any atom is 0.472 e. The largest absolute Gasteiger partial charge is 0.472 e. The van der Waals surface area contributed by atoms with Gasteiger partial charge >= 0.3 is 39.5 Å². The normalized spacial score (nSPS) is 14.3. The van der Waals surface area contributed by atoms with Crippen LogP contribution in [0.15, 0.2) is 0 Å². The number of unbranched alkanes of at least 4 members (excludes halogenated alkanes) is 31. The number of esters is 4. The van der Waals surface area contributed by atoms with E-state index in [1.54, 1.807) is 0 Å². The highest BCUT2D eigenvalue weighted by molar-refractivity contribution is 7.47. The molecule has 17 nitrogen and oxygen atoms in total. The van der Waals surface area contributed by atoms with Gasteiger partial charge in [-0.3, -0.25) is 37.3 Å². The first-order valence-corrected chi connectivity index (χ1v) is 36.8. The van der Waals surface area contributed by atoms with Crippen molar-refractivity contribution in [3.63, 3.8) is 0 Å². The molecule has 0 aromatic carbocycles. The quantitative estimate of drug-likeness (QED) is 0.0222. The van der Waals surface area contributed by atoms with Crippen molar-refractivity contribution in [2.24, 2.45) is 17.8 Å². The number of hydrogen-bond acceptors (Lipinski definition) is 15. The van der Waals surface area contributed by atoms with E-state index in [1.807, 2.05) is 0 Å². The van der Waals surface area contributed by atoms with Crippen LogP contribution in [0.5, 0.6) is 0 Å². The maximum atomic E-state index is 13.0. The minimum atomic E-state index is -4.95. The highest BCUT2D eigenvalue weighted by Gasteiger charge is 2.30. The zero-order valence-corrected chi connectivity index (χ0v) is 56.1. The Morgan fingerprint density at radius 3 is 0.810 bits per heavy atom. The summed E-state index contributed by atoms with van der Waals surface area (Å²) in [6.45, 7) is 11.7. The molecule has 19 heteroatoms. The minimum absolute atomic E-state index is 0.101. The predicted molar refractivity (Wildman–Crippen MR) is 335 cm³/mol. The summed E-state index contributed by atoms with van der Waals surface area (Å²) in [5, 5.41) is 10.5. The maximum absolute atomic E-state index is 13.0. The van der Waals surface area contributed by atoms with Gasteiger partial charge in [0.05, 0.1) is 26.4 Å². The fourth-order valence-electron chi connectivity index (χ4n) is 9.66. The number of hydrogen-bond donors (Lipinski definition) is 3. The van der Waals surface area contributed by atoms with Gasteiger partial charge in [0.15, 0.2) is 12.2 Å². The van der Waals surface area contributed by atoms with E-state index in [9.17, 15) is 43.2 Å². The third-order valence-corrected chi connectivity index (χ3v) is 16.8. The molecule has 0 heterocycles. The second-order valence-electron chi connectivity index (χ2n) is 24.9. The molecule has 0 fully saturated rings. The Morgan fingerprint density at radius 1 is 0.321 bits per heavy atom. The number of rotatable bonds is 63. The van der Waals surface area contributed by atoms with Crippen LogP contribution in [0.2, 0.25) is 0 Å². The van der Waals surface area contributed by atoms with Gasteiger partial charge in [-0.15, -0.1) is 0 Å². The van der Waals surface area contributed by atoms with E-state index in [1.165, 1.54) is 116 Å². The van der Waals surface area contributed by atoms with Gasteiger partial charge in [0, 0.05) is 25.7 Å². The van der Waals surface area contributed by atoms with E-state index < -0.39 is 97.5 Å². The zero-order valence-electron chi connectivity index (χ0n) is 54.4. The van der Waals surface area contributed by atoms with E-state index in [4.69, 9.17) is 37.0 Å². The van der Waals surface area contributed by atoms with Crippen LogP contribution in [0.25, 0.3) is 0 Å². The summed E-state index contributed by atoms with van der Waals surface area (Å²) in [5.41, 5.74) is 0. The van der Waals surface area contributed by atoms with Crippen LogP contribution >= 0.6 is 15.6 Å². The van der Waals surface area contributed by atoms with Crippen molar-refractivity contribution >= 4 is 39.5 Å². The van der Waals surface area contributed by atoms with Crippen LogP contribution < -0.4 is 0 Å². The van der Waals surface area contributed by atoms with Crippen LogP contribution in [-0.2, 0) is 65.4 Å². The van der Waals surface area contributed by atoms with Crippen LogP contribution in [0.4, 0.5) is 0 Å². The molecule has 0 spiro atoms. The molecule has 0 saturated heterocycles. The molecular weight excluding hydrogens is 1110 g/mol. The van der Waals surface area contributed by atoms with Gasteiger partial charge in [-0.1, -0.05) is 267 Å². The van der Waals surface area contributed by atoms with E-state index in [0.717, 1.165) is 109 Å². The van der Waals surface area contributed by atoms with Gasteiger partial charge in [0.2, 0.25) is 0 Å². The smallest absolute Gasteiger partial charge is 0.462 e. The van der Waals surface area contributed by atoms with Crippen molar-refractivity contribution in [3.05, 3.63) is 0 Å². The molecule has 84 heavy (non-hydrogen) atoms. The summed E-state index contributed by atoms with van der Waals surface area (Å²) in [5.74, 6) is 0.0285. The molecule has 0 aliphatic carbocycles. The summed E-state index contributed by atoms with van der Waals surface area (Å²) >= 11 is 0. The lowest BCUT2D eigenvalue weighted by Crippen LogP contribution is -2.30. The number of phosphoric ester groups is 2. The van der Waals surface area contributed by atoms with E-state index in [0.29, 0.717) is 37.5 Å². The molecular formula is C65H126O17P2. The standard InChI is InChI=1S/C65H126O17P2/c1-8-9-10-11-12-24-32-39-46-62(67)75-53-61(82-65(70)49-42-35-28-27-31-38-45-58(6)7)55-80-84(73,74)78-51-59(66)50-77-83(71,72)79-54-60(52-76-63(68)47-40-33-26-21-23-30-37-44-57(4)5)81-64(69)48-41-34-25-20-18-16-14-13-15-17-19-22-29-36-43-56(2)3/h56-61,66H,8-55H2,1-7H3,(H,71,72)(H,73,74)/t59-,60-,61-/m1/s1. The molecule has 0 aromatic rings. The third kappa shape index (κ3) is 59.0. The van der Waals surface area contributed by atoms with Crippen LogP contribution in [0.3, 0.4) is 0 Å². The Labute approximate surface area is 511 Å². The van der Waals surface area contributed by atoms with E-state index in [-0.39, 0.29) is 25.7 Å². The fraction of sp³-hybridized carbons (Fsp3) is 0.938. The Balaban J connectivity index is 5.19. The summed E-state index contributed by atoms with van der Waals surface area (Å²) in [6.07, 6.45) is 37.9. The molecule has 0 aromatic heterocycles. The van der Waals surface area contributed by atoms with Gasteiger partial charge in [-0.2, -0.15) is 0 Å². The third-order valence-electron chi connectivity index (χ3n) is 14.9. The Bertz CT molecular complexity index is 1660. The highest BCUT2D eigenvalue weighted by Crippen LogP contribution is 2.45. The Morgan fingerprint density at radius 2 is 0.548 bits per heavy atom. The molecule has 5 atom stereocenters. The van der Waals surface area contributed by atoms with E-state index >= 15 is 0 Å². The van der Waals surface area contributed by atoms with Crippen molar-refractivity contribution in [1.29, 1.82) is 0 Å². The first-order chi connectivity index (χ1) is 40.2. The number of carbonyl (C=O) groups excluding carboxylic acids is 4. The number of carbonyl (C=O) groups is 4. The molecule has 498 valence electrons. The fourth-order valence-corrected chi connectivity index (χ4v) is 11.2. The van der Waals surface area contributed by atoms with Crippen molar-refractivity contribution in [3.8, 4) is 0 Å². The van der Waals surface area contributed by atoms with Crippen LogP contribution in [-0.4, -0.2) is 96.7 Å². The van der Waals surface area contributed by atoms with Gasteiger partial charge in [0.25, 0.3) is 0 Å². The molecule has 0 aliphatic rings. The van der Waals surface area contributed by atoms with Crippen molar-refractivity contribution in [2.75, 3.05) is 39.6 Å². The summed E-state index contributed by atoms with van der Waals surface area (Å²) < 4.78 is 67.9. The second-order valence-corrected chi connectivity index (χ2v) is 27.8. The SMILES string of the molecule is CCCCCCCCCCC(=O)OC[C@H](COP(=O)(O)OC[C@H](O)COP(=O)(O)OC[C@@H](COC(=O)CCCCCCCCCC(C)C)OC(=O)CCCCCCCCCCCCCCCCC(C)C)OC(=O)CCCCCCCCC(C)C. The number of phosphoric acid groups is 2. The first kappa shape index (κ1) is 82.1. The lowest BCUT2D eigenvalue weighted by Gasteiger charge is -2.21. The molecule has 0 bridgehead atoms. The van der Waals surface area contributed by atoms with E-state index in [2.05, 4.69) is 48.5 Å². The molecule has 3 N–H and O–H groups in total. The van der Waals surface area contributed by atoms with Gasteiger partial charge in [0.1, 0.15) is 19.3 Å². The minimum Gasteiger partial charge on any atom is -0.462 e. The average molecular weight is 1240 g/mol. The van der Waals surface area contributed by atoms with Gasteiger partial charge in [-0.05, 0) is 43.4 Å². The highest BCUT2D eigenvalue weighted by atomic mass is 31.2. The molecule has 0 rings (SSSR count). The predicted octanol–water partition coefficient (Wildman–Crippen LogP) is 17.9. The zero-order chi connectivity index (χ0) is 62.4. The van der Waals surface area contributed by atoms with Gasteiger partial charge in [-0.25, -0.2) is 9.13 Å². The summed E-state index contributed by atoms with van der Waals surface area (Å²) in [7, 11) is -9.89. The summed E-state index contributed by atoms with van der Waals surface area (Å²) in [4.78, 5) is 72.1. The van der Waals surface area contributed by atoms with Crippen LogP contribution in [0, 0.1) is 17.8 Å². The molecule has 2 unspecified atom stereocenters. The molecule has 0 amide bonds. The van der Waals surface area contributed by atoms with Crippen LogP contribution in [0.1, 0.15) is 318 Å². The van der Waals surface area contributed by atoms with Gasteiger partial charge < -0.3 is 33.8 Å². The number of aliphatic hydroxyl groups excluding tert-OH is 1.